The lowest BCUT2D eigenvalue weighted by Crippen LogP contribution is -2.41. The van der Waals surface area contributed by atoms with Crippen molar-refractivity contribution in [2.45, 2.75) is 50.6 Å². The molecule has 30 heavy (non-hydrogen) atoms. The highest BCUT2D eigenvalue weighted by Crippen LogP contribution is 2.32. The SMILES string of the molecule is O=C([C@@H]1CCCc2nn(Cc3ccc(C(F)(F)F)c(F)c3)c(=O)n21)N1CC[C@H](F)C1. The van der Waals surface area contributed by atoms with Crippen molar-refractivity contribution >= 4 is 5.91 Å². The van der Waals surface area contributed by atoms with Crippen LogP contribution in [-0.2, 0) is 23.9 Å². The van der Waals surface area contributed by atoms with Crippen LogP contribution in [-0.4, -0.2) is 44.4 Å². The zero-order valence-corrected chi connectivity index (χ0v) is 15.8. The third kappa shape index (κ3) is 3.72. The van der Waals surface area contributed by atoms with Crippen LogP contribution in [0.5, 0.6) is 0 Å². The summed E-state index contributed by atoms with van der Waals surface area (Å²) in [6.07, 6.45) is -4.13. The van der Waals surface area contributed by atoms with Crippen LogP contribution in [0.3, 0.4) is 0 Å². The first-order valence-corrected chi connectivity index (χ1v) is 9.62. The molecule has 4 rings (SSSR count). The molecule has 2 aromatic rings. The smallest absolute Gasteiger partial charge is 0.338 e. The van der Waals surface area contributed by atoms with Crippen molar-refractivity contribution in [1.29, 1.82) is 0 Å². The Bertz CT molecular complexity index is 1030. The second kappa shape index (κ2) is 7.51. The van der Waals surface area contributed by atoms with Crippen LogP contribution in [0.25, 0.3) is 0 Å². The third-order valence-corrected chi connectivity index (χ3v) is 5.53. The molecular formula is C19H19F5N4O2. The van der Waals surface area contributed by atoms with Gasteiger partial charge in [0.2, 0.25) is 5.91 Å². The fourth-order valence-electron chi connectivity index (χ4n) is 4.06. The van der Waals surface area contributed by atoms with E-state index in [0.29, 0.717) is 37.7 Å². The zero-order chi connectivity index (χ0) is 21.6. The molecule has 1 fully saturated rings. The molecule has 0 N–H and O–H groups in total. The van der Waals surface area contributed by atoms with E-state index in [0.717, 1.165) is 16.8 Å². The van der Waals surface area contributed by atoms with Crippen molar-refractivity contribution in [2.75, 3.05) is 13.1 Å². The Morgan fingerprint density at radius 3 is 2.63 bits per heavy atom. The monoisotopic (exact) mass is 430 g/mol. The number of amides is 1. The number of halogens is 5. The van der Waals surface area contributed by atoms with Gasteiger partial charge in [0, 0.05) is 13.0 Å². The van der Waals surface area contributed by atoms with Gasteiger partial charge in [-0.3, -0.25) is 9.36 Å². The fraction of sp³-hybridized carbons (Fsp3) is 0.526. The Morgan fingerprint density at radius 1 is 1.23 bits per heavy atom. The normalized spacial score (nSPS) is 21.7. The average Bonchev–Trinajstić information content (AvgIpc) is 3.24. The summed E-state index contributed by atoms with van der Waals surface area (Å²) in [6, 6.07) is 1.65. The summed E-state index contributed by atoms with van der Waals surface area (Å²) >= 11 is 0. The Morgan fingerprint density at radius 2 is 2.00 bits per heavy atom. The van der Waals surface area contributed by atoms with Crippen molar-refractivity contribution in [3.8, 4) is 0 Å². The molecule has 11 heteroatoms. The standard InChI is InChI=1S/C19H19F5N4O2/c20-12-6-7-26(10-12)17(29)15-2-1-3-16-25-27(18(30)28(15)16)9-11-4-5-13(14(21)8-11)19(22,23)24/h4-5,8,12,15H,1-3,6-7,9-10H2/t12-,15-/m0/s1. The average molecular weight is 430 g/mol. The molecular weight excluding hydrogens is 411 g/mol. The highest BCUT2D eigenvalue weighted by molar-refractivity contribution is 5.81. The summed E-state index contributed by atoms with van der Waals surface area (Å²) in [4.78, 5) is 27.1. The molecule has 1 aromatic heterocycles. The van der Waals surface area contributed by atoms with Crippen LogP contribution in [0, 0.1) is 5.82 Å². The summed E-state index contributed by atoms with van der Waals surface area (Å²) in [7, 11) is 0. The number of rotatable bonds is 3. The van der Waals surface area contributed by atoms with Crippen molar-refractivity contribution in [3.05, 3.63) is 51.5 Å². The number of hydrogen-bond donors (Lipinski definition) is 0. The van der Waals surface area contributed by atoms with Gasteiger partial charge < -0.3 is 4.90 Å². The van der Waals surface area contributed by atoms with Gasteiger partial charge in [-0.15, -0.1) is 0 Å². The van der Waals surface area contributed by atoms with E-state index in [9.17, 15) is 31.5 Å². The van der Waals surface area contributed by atoms with Gasteiger partial charge in [0.05, 0.1) is 18.7 Å². The van der Waals surface area contributed by atoms with E-state index < -0.39 is 35.5 Å². The zero-order valence-electron chi connectivity index (χ0n) is 15.8. The van der Waals surface area contributed by atoms with E-state index in [1.165, 1.54) is 9.47 Å². The number of likely N-dealkylation sites (tertiary alicyclic amines) is 1. The lowest BCUT2D eigenvalue weighted by Gasteiger charge is -2.26. The lowest BCUT2D eigenvalue weighted by molar-refractivity contribution is -0.140. The number of aryl methyl sites for hydroxylation is 1. The number of aromatic nitrogens is 3. The number of benzene rings is 1. The highest BCUT2D eigenvalue weighted by atomic mass is 19.4. The van der Waals surface area contributed by atoms with Crippen LogP contribution < -0.4 is 5.69 Å². The minimum Gasteiger partial charge on any atom is -0.338 e. The maximum atomic E-state index is 13.8. The predicted molar refractivity (Wildman–Crippen MR) is 95.1 cm³/mol. The van der Waals surface area contributed by atoms with Crippen LogP contribution in [0.15, 0.2) is 23.0 Å². The van der Waals surface area contributed by atoms with Crippen molar-refractivity contribution < 1.29 is 26.7 Å². The Balaban J connectivity index is 1.60. The van der Waals surface area contributed by atoms with Gasteiger partial charge in [0.15, 0.2) is 0 Å². The van der Waals surface area contributed by atoms with E-state index >= 15 is 0 Å². The third-order valence-electron chi connectivity index (χ3n) is 5.53. The minimum absolute atomic E-state index is 0.00160. The minimum atomic E-state index is -4.81. The molecule has 2 aliphatic heterocycles. The van der Waals surface area contributed by atoms with Crippen LogP contribution >= 0.6 is 0 Å². The van der Waals surface area contributed by atoms with Crippen molar-refractivity contribution in [2.24, 2.45) is 0 Å². The molecule has 1 amide bonds. The molecule has 0 radical (unpaired) electrons. The summed E-state index contributed by atoms with van der Waals surface area (Å²) in [5.41, 5.74) is -1.84. The highest BCUT2D eigenvalue weighted by Gasteiger charge is 2.36. The quantitative estimate of drug-likeness (QED) is 0.704. The van der Waals surface area contributed by atoms with Gasteiger partial charge in [-0.1, -0.05) is 6.07 Å². The summed E-state index contributed by atoms with van der Waals surface area (Å²) in [5.74, 6) is -1.38. The molecule has 0 unspecified atom stereocenters. The van der Waals surface area contributed by atoms with Gasteiger partial charge in [0.1, 0.15) is 23.9 Å². The van der Waals surface area contributed by atoms with E-state index in [-0.39, 0.29) is 31.0 Å². The first-order valence-electron chi connectivity index (χ1n) is 9.62. The molecule has 0 saturated carbocycles. The topological polar surface area (TPSA) is 60.1 Å². The fourth-order valence-corrected chi connectivity index (χ4v) is 4.06. The van der Waals surface area contributed by atoms with E-state index in [1.807, 2.05) is 0 Å². The van der Waals surface area contributed by atoms with E-state index in [2.05, 4.69) is 5.10 Å². The van der Waals surface area contributed by atoms with E-state index in [4.69, 9.17) is 0 Å². The molecule has 6 nitrogen and oxygen atoms in total. The first kappa shape index (κ1) is 20.5. The van der Waals surface area contributed by atoms with Crippen LogP contribution in [0.2, 0.25) is 0 Å². The Hall–Kier alpha value is -2.72. The molecule has 1 aromatic carbocycles. The molecule has 3 heterocycles. The molecule has 0 bridgehead atoms. The molecule has 1 saturated heterocycles. The van der Waals surface area contributed by atoms with Crippen LogP contribution in [0.4, 0.5) is 22.0 Å². The van der Waals surface area contributed by atoms with Gasteiger partial charge >= 0.3 is 11.9 Å². The van der Waals surface area contributed by atoms with Crippen LogP contribution in [0.1, 0.15) is 42.3 Å². The number of carbonyl (C=O) groups is 1. The Kier molecular flexibility index (Phi) is 5.15. The second-order valence-electron chi connectivity index (χ2n) is 7.62. The predicted octanol–water partition coefficient (Wildman–Crippen LogP) is 2.70. The molecule has 0 aliphatic carbocycles. The van der Waals surface area contributed by atoms with E-state index in [1.54, 1.807) is 0 Å². The number of fused-ring (bicyclic) bond motifs is 1. The van der Waals surface area contributed by atoms with Gasteiger partial charge in [-0.05, 0) is 37.0 Å². The van der Waals surface area contributed by atoms with Gasteiger partial charge in [-0.25, -0.2) is 18.3 Å². The lowest BCUT2D eigenvalue weighted by atomic mass is 10.0. The van der Waals surface area contributed by atoms with Gasteiger partial charge in [0.25, 0.3) is 0 Å². The molecule has 2 aliphatic rings. The summed E-state index contributed by atoms with van der Waals surface area (Å²) in [6.45, 7) is 0.0585. The summed E-state index contributed by atoms with van der Waals surface area (Å²) in [5, 5.41) is 4.20. The Labute approximate surface area is 167 Å². The number of alkyl halides is 4. The second-order valence-corrected chi connectivity index (χ2v) is 7.62. The maximum Gasteiger partial charge on any atom is 0.419 e. The molecule has 2 atom stereocenters. The summed E-state index contributed by atoms with van der Waals surface area (Å²) < 4.78 is 67.8. The number of carbonyl (C=O) groups excluding carboxylic acids is 1. The van der Waals surface area contributed by atoms with Crippen molar-refractivity contribution in [1.82, 2.24) is 19.2 Å². The van der Waals surface area contributed by atoms with Gasteiger partial charge in [-0.2, -0.15) is 18.3 Å². The number of nitrogens with zero attached hydrogens (tertiary/aromatic N) is 4. The largest absolute Gasteiger partial charge is 0.419 e. The maximum absolute atomic E-state index is 13.8. The first-order chi connectivity index (χ1) is 14.1. The molecule has 162 valence electrons. The van der Waals surface area contributed by atoms with Crippen molar-refractivity contribution in [3.63, 3.8) is 0 Å². The molecule has 0 spiro atoms. The number of hydrogen-bond acceptors (Lipinski definition) is 3.